The Kier molecular flexibility index (Phi) is 7.23. The number of rotatable bonds is 10. The number of thioether (sulfide) groups is 1. The van der Waals surface area contributed by atoms with E-state index < -0.39 is 0 Å². The van der Waals surface area contributed by atoms with E-state index in [-0.39, 0.29) is 0 Å². The first-order valence-electron chi connectivity index (χ1n) is 9.44. The van der Waals surface area contributed by atoms with E-state index in [0.717, 1.165) is 23.9 Å². The quantitative estimate of drug-likeness (QED) is 0.597. The Labute approximate surface area is 165 Å². The highest BCUT2D eigenvalue weighted by atomic mass is 32.2. The van der Waals surface area contributed by atoms with Gasteiger partial charge >= 0.3 is 0 Å². The molecule has 1 aromatic heterocycles. The van der Waals surface area contributed by atoms with Crippen molar-refractivity contribution in [1.82, 2.24) is 14.9 Å². The normalized spacial score (nSPS) is 14.6. The number of hydrogen-bond donors (Lipinski definition) is 2. The zero-order chi connectivity index (χ0) is 19.1. The van der Waals surface area contributed by atoms with E-state index in [9.17, 15) is 0 Å². The maximum atomic E-state index is 6.11. The van der Waals surface area contributed by atoms with Gasteiger partial charge in [-0.25, -0.2) is 4.98 Å². The Morgan fingerprint density at radius 2 is 1.89 bits per heavy atom. The van der Waals surface area contributed by atoms with Crippen LogP contribution in [0.15, 0.2) is 12.1 Å². The van der Waals surface area contributed by atoms with Crippen molar-refractivity contribution in [2.45, 2.75) is 25.7 Å². The number of nitrogens with one attached hydrogen (secondary N) is 1. The molecule has 3 rings (SSSR count). The van der Waals surface area contributed by atoms with E-state index >= 15 is 0 Å². The van der Waals surface area contributed by atoms with Gasteiger partial charge in [0.2, 0.25) is 5.95 Å². The fourth-order valence-corrected chi connectivity index (χ4v) is 4.23. The van der Waals surface area contributed by atoms with Gasteiger partial charge in [0, 0.05) is 36.2 Å². The molecule has 1 aliphatic heterocycles. The Morgan fingerprint density at radius 3 is 2.63 bits per heavy atom. The number of nitrogens with zero attached hydrogens (tertiary/aromatic N) is 3. The number of fused-ring (bicyclic) bond motifs is 1. The summed E-state index contributed by atoms with van der Waals surface area (Å²) in [6.07, 6.45) is 4.85. The van der Waals surface area contributed by atoms with Crippen LogP contribution in [0.4, 0.5) is 11.8 Å². The minimum Gasteiger partial charge on any atom is -0.493 e. The summed E-state index contributed by atoms with van der Waals surface area (Å²) in [5.74, 6) is 4.74. The summed E-state index contributed by atoms with van der Waals surface area (Å²) in [7, 11) is 3.21. The minimum absolute atomic E-state index is 0.437. The third-order valence-corrected chi connectivity index (χ3v) is 5.76. The second-order valence-electron chi connectivity index (χ2n) is 6.65. The number of nitrogens with two attached hydrogens (primary N) is 1. The molecule has 0 saturated carbocycles. The van der Waals surface area contributed by atoms with Crippen molar-refractivity contribution in [3.8, 4) is 11.5 Å². The molecule has 8 heteroatoms. The number of unbranched alkanes of at least 4 members (excludes halogenated alkanes) is 3. The lowest BCUT2D eigenvalue weighted by Crippen LogP contribution is -2.20. The van der Waals surface area contributed by atoms with E-state index in [1.807, 2.05) is 23.9 Å². The minimum atomic E-state index is 0.437. The van der Waals surface area contributed by atoms with Crippen LogP contribution in [-0.4, -0.2) is 60.4 Å². The number of benzene rings is 1. The van der Waals surface area contributed by atoms with Crippen molar-refractivity contribution < 1.29 is 9.47 Å². The van der Waals surface area contributed by atoms with Gasteiger partial charge in [-0.1, -0.05) is 12.8 Å². The lowest BCUT2D eigenvalue weighted by atomic mass is 10.2. The topological polar surface area (TPSA) is 85.5 Å². The zero-order valence-corrected chi connectivity index (χ0v) is 17.0. The standard InChI is InChI=1S/C19H29N5O2S/c1-25-16-11-14-15(12-17(16)26-2)22-19(23-18(14)20)21-7-5-3-4-6-8-24-9-10-27-13-24/h11-12H,3-10,13H2,1-2H3,(H3,20,21,22,23). The van der Waals surface area contributed by atoms with Crippen molar-refractivity contribution >= 4 is 34.4 Å². The molecule has 1 aliphatic rings. The average molecular weight is 392 g/mol. The molecule has 7 nitrogen and oxygen atoms in total. The van der Waals surface area contributed by atoms with Gasteiger partial charge in [-0.15, -0.1) is 11.8 Å². The summed E-state index contributed by atoms with van der Waals surface area (Å²) < 4.78 is 10.7. The maximum absolute atomic E-state index is 6.11. The summed E-state index contributed by atoms with van der Waals surface area (Å²) in [4.78, 5) is 11.5. The van der Waals surface area contributed by atoms with Crippen molar-refractivity contribution in [3.05, 3.63) is 12.1 Å². The van der Waals surface area contributed by atoms with Crippen molar-refractivity contribution in [2.75, 3.05) is 56.5 Å². The van der Waals surface area contributed by atoms with E-state index in [1.165, 1.54) is 44.0 Å². The van der Waals surface area contributed by atoms with Gasteiger partial charge in [-0.2, -0.15) is 4.98 Å². The number of aromatic nitrogens is 2. The molecule has 2 heterocycles. The lowest BCUT2D eigenvalue weighted by molar-refractivity contribution is 0.344. The van der Waals surface area contributed by atoms with Gasteiger partial charge in [0.05, 0.1) is 19.7 Å². The molecule has 1 aromatic carbocycles. The van der Waals surface area contributed by atoms with Crippen LogP contribution in [0.2, 0.25) is 0 Å². The first-order valence-corrected chi connectivity index (χ1v) is 10.6. The summed E-state index contributed by atoms with van der Waals surface area (Å²) in [6, 6.07) is 3.64. The number of nitrogen functional groups attached to an aromatic ring is 1. The number of anilines is 2. The molecule has 1 saturated heterocycles. The molecule has 0 bridgehead atoms. The van der Waals surface area contributed by atoms with Gasteiger partial charge < -0.3 is 20.5 Å². The van der Waals surface area contributed by atoms with Crippen LogP contribution in [0.25, 0.3) is 10.9 Å². The average Bonchev–Trinajstić information content (AvgIpc) is 3.19. The summed E-state index contributed by atoms with van der Waals surface area (Å²) in [5, 5.41) is 4.05. The smallest absolute Gasteiger partial charge is 0.225 e. The van der Waals surface area contributed by atoms with E-state index in [1.54, 1.807) is 14.2 Å². The summed E-state index contributed by atoms with van der Waals surface area (Å²) >= 11 is 2.03. The predicted molar refractivity (Wildman–Crippen MR) is 113 cm³/mol. The van der Waals surface area contributed by atoms with Crippen LogP contribution in [-0.2, 0) is 0 Å². The maximum Gasteiger partial charge on any atom is 0.225 e. The molecule has 0 atom stereocenters. The molecule has 0 spiro atoms. The third kappa shape index (κ3) is 5.29. The van der Waals surface area contributed by atoms with Crippen molar-refractivity contribution in [2.24, 2.45) is 0 Å². The molecular weight excluding hydrogens is 362 g/mol. The second kappa shape index (κ2) is 9.85. The van der Waals surface area contributed by atoms with E-state index in [0.29, 0.717) is 23.3 Å². The second-order valence-corrected chi connectivity index (χ2v) is 7.73. The van der Waals surface area contributed by atoms with Crippen LogP contribution in [0.1, 0.15) is 25.7 Å². The van der Waals surface area contributed by atoms with Gasteiger partial charge in [-0.3, -0.25) is 4.90 Å². The molecule has 0 radical (unpaired) electrons. The van der Waals surface area contributed by atoms with E-state index in [4.69, 9.17) is 15.2 Å². The monoisotopic (exact) mass is 391 g/mol. The molecule has 0 amide bonds. The van der Waals surface area contributed by atoms with Gasteiger partial charge in [0.15, 0.2) is 11.5 Å². The number of methoxy groups -OCH3 is 2. The van der Waals surface area contributed by atoms with Crippen LogP contribution < -0.4 is 20.5 Å². The van der Waals surface area contributed by atoms with Crippen LogP contribution in [0.3, 0.4) is 0 Å². The number of ether oxygens (including phenoxy) is 2. The van der Waals surface area contributed by atoms with Gasteiger partial charge in [0.25, 0.3) is 0 Å². The first kappa shape index (κ1) is 19.8. The summed E-state index contributed by atoms with van der Waals surface area (Å²) in [6.45, 7) is 3.33. The molecule has 148 valence electrons. The van der Waals surface area contributed by atoms with E-state index in [2.05, 4.69) is 20.2 Å². The Bertz CT molecular complexity index is 752. The fraction of sp³-hybridized carbons (Fsp3) is 0.579. The molecule has 3 N–H and O–H groups in total. The Hall–Kier alpha value is -1.93. The Morgan fingerprint density at radius 1 is 1.11 bits per heavy atom. The molecule has 2 aromatic rings. The van der Waals surface area contributed by atoms with Crippen LogP contribution >= 0.6 is 11.8 Å². The summed E-state index contributed by atoms with van der Waals surface area (Å²) in [5.41, 5.74) is 6.85. The molecule has 0 unspecified atom stereocenters. The highest BCUT2D eigenvalue weighted by Gasteiger charge is 2.12. The van der Waals surface area contributed by atoms with Crippen LogP contribution in [0, 0.1) is 0 Å². The molecule has 0 aliphatic carbocycles. The van der Waals surface area contributed by atoms with Gasteiger partial charge in [0.1, 0.15) is 5.82 Å². The largest absolute Gasteiger partial charge is 0.493 e. The molecule has 27 heavy (non-hydrogen) atoms. The molecule has 1 fully saturated rings. The highest BCUT2D eigenvalue weighted by molar-refractivity contribution is 7.99. The fourth-order valence-electron chi connectivity index (χ4n) is 3.20. The SMILES string of the molecule is COc1cc2nc(NCCCCCCN3CCSC3)nc(N)c2cc1OC. The van der Waals surface area contributed by atoms with Crippen molar-refractivity contribution in [1.29, 1.82) is 0 Å². The van der Waals surface area contributed by atoms with Crippen molar-refractivity contribution in [3.63, 3.8) is 0 Å². The predicted octanol–water partition coefficient (Wildman–Crippen LogP) is 3.21. The highest BCUT2D eigenvalue weighted by Crippen LogP contribution is 2.33. The molecular formula is C19H29N5O2S. The Balaban J connectivity index is 1.48. The van der Waals surface area contributed by atoms with Gasteiger partial charge in [-0.05, 0) is 25.5 Å². The first-order chi connectivity index (χ1) is 13.2. The van der Waals surface area contributed by atoms with Crippen LogP contribution in [0.5, 0.6) is 11.5 Å². The number of hydrogen-bond acceptors (Lipinski definition) is 8. The lowest BCUT2D eigenvalue weighted by Gasteiger charge is -2.13. The third-order valence-electron chi connectivity index (χ3n) is 4.74. The zero-order valence-electron chi connectivity index (χ0n) is 16.2.